The van der Waals surface area contributed by atoms with Gasteiger partial charge in [-0.2, -0.15) is 0 Å². The molecule has 2 N–H and O–H groups in total. The molecule has 0 radical (unpaired) electrons. The number of nitrogens with zero attached hydrogens (tertiary/aromatic N) is 2. The predicted octanol–water partition coefficient (Wildman–Crippen LogP) is 5.89. The minimum Gasteiger partial charge on any atom is -0.508 e. The van der Waals surface area contributed by atoms with Gasteiger partial charge in [0.15, 0.2) is 0 Å². The molecule has 33 heavy (non-hydrogen) atoms. The van der Waals surface area contributed by atoms with Gasteiger partial charge in [0, 0.05) is 35.4 Å². The molecule has 0 saturated carbocycles. The molecule has 4 rings (SSSR count). The van der Waals surface area contributed by atoms with Gasteiger partial charge in [0.1, 0.15) is 5.75 Å². The van der Waals surface area contributed by atoms with Crippen molar-refractivity contribution in [2.75, 3.05) is 5.32 Å². The SMILES string of the molecule is O=C(Nc1cc(O)ccc1-c1cccs1)OC(=O)N(Cc1ccccc1)Cc1cccnc1. The van der Waals surface area contributed by atoms with Crippen LogP contribution >= 0.6 is 11.3 Å². The third-order valence-corrected chi connectivity index (χ3v) is 5.68. The van der Waals surface area contributed by atoms with Gasteiger partial charge in [-0.1, -0.05) is 42.5 Å². The highest BCUT2D eigenvalue weighted by molar-refractivity contribution is 7.13. The van der Waals surface area contributed by atoms with Crippen LogP contribution in [0.4, 0.5) is 15.3 Å². The first-order valence-corrected chi connectivity index (χ1v) is 11.0. The van der Waals surface area contributed by atoms with Crippen molar-refractivity contribution >= 4 is 29.2 Å². The minimum absolute atomic E-state index is 0.0146. The van der Waals surface area contributed by atoms with Crippen molar-refractivity contribution in [2.45, 2.75) is 13.1 Å². The number of hydrogen-bond acceptors (Lipinski definition) is 6. The molecule has 2 aromatic heterocycles. The number of thiophene rings is 1. The van der Waals surface area contributed by atoms with E-state index in [1.165, 1.54) is 28.4 Å². The highest BCUT2D eigenvalue weighted by Gasteiger charge is 2.21. The van der Waals surface area contributed by atoms with Gasteiger partial charge in [0.05, 0.1) is 12.2 Å². The third-order valence-electron chi connectivity index (χ3n) is 4.78. The highest BCUT2D eigenvalue weighted by Crippen LogP contribution is 2.34. The lowest BCUT2D eigenvalue weighted by atomic mass is 10.1. The van der Waals surface area contributed by atoms with Crippen molar-refractivity contribution in [3.63, 3.8) is 0 Å². The number of hydrogen-bond donors (Lipinski definition) is 2. The van der Waals surface area contributed by atoms with Gasteiger partial charge in [-0.3, -0.25) is 15.2 Å². The molecule has 2 aromatic carbocycles. The summed E-state index contributed by atoms with van der Waals surface area (Å²) in [6, 6.07) is 21.5. The van der Waals surface area contributed by atoms with E-state index in [1.54, 1.807) is 24.5 Å². The van der Waals surface area contributed by atoms with Gasteiger partial charge in [0.25, 0.3) is 0 Å². The van der Waals surface area contributed by atoms with Crippen LogP contribution in [0, 0.1) is 0 Å². The van der Waals surface area contributed by atoms with Crippen molar-refractivity contribution < 1.29 is 19.4 Å². The number of carbonyl (C=O) groups excluding carboxylic acids is 2. The van der Waals surface area contributed by atoms with Gasteiger partial charge in [-0.25, -0.2) is 9.59 Å². The summed E-state index contributed by atoms with van der Waals surface area (Å²) in [5.41, 5.74) is 2.76. The lowest BCUT2D eigenvalue weighted by Crippen LogP contribution is -2.33. The van der Waals surface area contributed by atoms with Crippen LogP contribution in [0.15, 0.2) is 90.6 Å². The van der Waals surface area contributed by atoms with Crippen molar-refractivity contribution in [1.29, 1.82) is 0 Å². The van der Waals surface area contributed by atoms with E-state index in [0.29, 0.717) is 11.3 Å². The number of amides is 2. The van der Waals surface area contributed by atoms with Crippen LogP contribution in [0.3, 0.4) is 0 Å². The van der Waals surface area contributed by atoms with Crippen LogP contribution in [0.25, 0.3) is 10.4 Å². The molecule has 4 aromatic rings. The van der Waals surface area contributed by atoms with Crippen molar-refractivity contribution in [3.8, 4) is 16.2 Å². The van der Waals surface area contributed by atoms with Crippen molar-refractivity contribution in [1.82, 2.24) is 9.88 Å². The lowest BCUT2D eigenvalue weighted by molar-refractivity contribution is 0.119. The van der Waals surface area contributed by atoms with E-state index in [9.17, 15) is 14.7 Å². The summed E-state index contributed by atoms with van der Waals surface area (Å²) >= 11 is 1.49. The first-order valence-electron chi connectivity index (χ1n) is 10.2. The number of anilines is 1. The maximum absolute atomic E-state index is 12.9. The molecule has 0 fully saturated rings. The summed E-state index contributed by atoms with van der Waals surface area (Å²) in [6.07, 6.45) is 1.58. The zero-order valence-electron chi connectivity index (χ0n) is 17.5. The van der Waals surface area contributed by atoms with Gasteiger partial charge in [-0.15, -0.1) is 11.3 Å². The van der Waals surface area contributed by atoms with Crippen molar-refractivity contribution in [3.05, 3.63) is 102 Å². The van der Waals surface area contributed by atoms with Crippen LogP contribution < -0.4 is 5.32 Å². The van der Waals surface area contributed by atoms with Gasteiger partial charge in [-0.05, 0) is 40.8 Å². The number of aromatic nitrogens is 1. The molecule has 2 heterocycles. The Morgan fingerprint density at radius 2 is 1.76 bits per heavy atom. The fraction of sp³-hybridized carbons (Fsp3) is 0.0800. The Labute approximate surface area is 194 Å². The maximum atomic E-state index is 12.9. The number of benzene rings is 2. The van der Waals surface area contributed by atoms with Crippen LogP contribution in [0.5, 0.6) is 5.75 Å². The Morgan fingerprint density at radius 3 is 2.48 bits per heavy atom. The molecular weight excluding hydrogens is 438 g/mol. The Bertz CT molecular complexity index is 1170. The lowest BCUT2D eigenvalue weighted by Gasteiger charge is -2.22. The number of phenols is 1. The van der Waals surface area contributed by atoms with Crippen LogP contribution in [0.2, 0.25) is 0 Å². The molecule has 8 heteroatoms. The summed E-state index contributed by atoms with van der Waals surface area (Å²) < 4.78 is 5.11. The topological polar surface area (TPSA) is 91.8 Å². The van der Waals surface area contributed by atoms with Gasteiger partial charge < -0.3 is 9.84 Å². The Kier molecular flexibility index (Phi) is 6.96. The zero-order valence-corrected chi connectivity index (χ0v) is 18.4. The minimum atomic E-state index is -0.937. The van der Waals surface area contributed by atoms with E-state index in [4.69, 9.17) is 4.74 Å². The molecule has 0 aliphatic rings. The molecule has 2 amide bonds. The second-order valence-corrected chi connectivity index (χ2v) is 8.14. The molecule has 166 valence electrons. The number of pyridine rings is 1. The molecule has 7 nitrogen and oxygen atoms in total. The Balaban J connectivity index is 1.49. The molecular formula is C25H21N3O4S. The summed E-state index contributed by atoms with van der Waals surface area (Å²) in [5.74, 6) is -0.0146. The molecule has 0 saturated heterocycles. The standard InChI is InChI=1S/C25H21N3O4S/c29-20-10-11-21(23-9-5-13-33-23)22(14-20)27-24(30)32-25(31)28(16-18-6-2-1-3-7-18)17-19-8-4-12-26-15-19/h1-15,29H,16-17H2,(H,27,30). The zero-order chi connectivity index (χ0) is 23.0. The predicted molar refractivity (Wildman–Crippen MR) is 127 cm³/mol. The fourth-order valence-corrected chi connectivity index (χ4v) is 4.03. The Morgan fingerprint density at radius 1 is 0.970 bits per heavy atom. The summed E-state index contributed by atoms with van der Waals surface area (Å²) in [6.45, 7) is 0.482. The van der Waals surface area contributed by atoms with Gasteiger partial charge in [0.2, 0.25) is 0 Å². The smallest absolute Gasteiger partial charge is 0.420 e. The number of nitrogens with one attached hydrogen (secondary N) is 1. The van der Waals surface area contributed by atoms with E-state index >= 15 is 0 Å². The van der Waals surface area contributed by atoms with Crippen molar-refractivity contribution in [2.24, 2.45) is 0 Å². The molecule has 0 unspecified atom stereocenters. The number of rotatable bonds is 6. The number of phenolic OH excluding ortho intramolecular Hbond substituents is 1. The average molecular weight is 460 g/mol. The normalized spacial score (nSPS) is 10.4. The number of aromatic hydroxyl groups is 1. The summed E-state index contributed by atoms with van der Waals surface area (Å²) in [5, 5.41) is 14.4. The van der Waals surface area contributed by atoms with Gasteiger partial charge >= 0.3 is 12.2 Å². The van der Waals surface area contributed by atoms with E-state index in [1.807, 2.05) is 53.9 Å². The van der Waals surface area contributed by atoms with Crippen LogP contribution in [-0.4, -0.2) is 27.2 Å². The fourth-order valence-electron chi connectivity index (χ4n) is 3.26. The summed E-state index contributed by atoms with van der Waals surface area (Å²) in [7, 11) is 0. The molecule has 0 bridgehead atoms. The highest BCUT2D eigenvalue weighted by atomic mass is 32.1. The molecule has 0 atom stereocenters. The first kappa shape index (κ1) is 22.0. The maximum Gasteiger partial charge on any atom is 0.420 e. The summed E-state index contributed by atoms with van der Waals surface area (Å²) in [4.78, 5) is 31.9. The number of carbonyl (C=O) groups is 2. The first-order chi connectivity index (χ1) is 16.1. The molecule has 0 aliphatic heterocycles. The van der Waals surface area contributed by atoms with E-state index < -0.39 is 12.2 Å². The Hall–Kier alpha value is -4.17. The van der Waals surface area contributed by atoms with Crippen LogP contribution in [0.1, 0.15) is 11.1 Å². The third kappa shape index (κ3) is 5.96. The van der Waals surface area contributed by atoms with Crippen LogP contribution in [-0.2, 0) is 17.8 Å². The number of ether oxygens (including phenoxy) is 1. The monoisotopic (exact) mass is 459 g/mol. The second kappa shape index (κ2) is 10.4. The average Bonchev–Trinajstić information content (AvgIpc) is 3.35. The second-order valence-electron chi connectivity index (χ2n) is 7.19. The molecule has 0 aliphatic carbocycles. The van der Waals surface area contributed by atoms with E-state index in [2.05, 4.69) is 10.3 Å². The quantitative estimate of drug-likeness (QED) is 0.351. The largest absolute Gasteiger partial charge is 0.508 e. The van der Waals surface area contributed by atoms with E-state index in [-0.39, 0.29) is 18.8 Å². The molecule has 0 spiro atoms. The van der Waals surface area contributed by atoms with E-state index in [0.717, 1.165) is 16.0 Å².